The second kappa shape index (κ2) is 9.47. The fourth-order valence-corrected chi connectivity index (χ4v) is 1.25. The molecule has 1 atom stereocenters. The van der Waals surface area contributed by atoms with E-state index in [1.54, 1.807) is 7.11 Å². The van der Waals surface area contributed by atoms with Gasteiger partial charge in [-0.3, -0.25) is 4.79 Å². The summed E-state index contributed by atoms with van der Waals surface area (Å²) in [6.45, 7) is 3.31. The number of rotatable bonds is 8. The van der Waals surface area contributed by atoms with E-state index in [1.807, 2.05) is 13.0 Å². The van der Waals surface area contributed by atoms with Gasteiger partial charge in [-0.2, -0.15) is 5.26 Å². The third kappa shape index (κ3) is 6.92. The van der Waals surface area contributed by atoms with E-state index < -0.39 is 5.92 Å². The van der Waals surface area contributed by atoms with Crippen molar-refractivity contribution in [1.82, 2.24) is 5.32 Å². The SMILES string of the molecule is CCCC(C#N)C(=O)NCCCCOC. The molecule has 0 saturated carbocycles. The van der Waals surface area contributed by atoms with Crippen molar-refractivity contribution in [2.75, 3.05) is 20.3 Å². The molecule has 1 amide bonds. The monoisotopic (exact) mass is 212 g/mol. The molecule has 0 aliphatic carbocycles. The number of amides is 1. The third-order valence-corrected chi connectivity index (χ3v) is 2.12. The molecule has 0 rings (SSSR count). The first kappa shape index (κ1) is 13.9. The van der Waals surface area contributed by atoms with Gasteiger partial charge in [0.1, 0.15) is 5.92 Å². The minimum absolute atomic E-state index is 0.142. The maximum atomic E-state index is 11.4. The van der Waals surface area contributed by atoms with Crippen molar-refractivity contribution in [2.24, 2.45) is 5.92 Å². The van der Waals surface area contributed by atoms with Crippen molar-refractivity contribution in [2.45, 2.75) is 32.6 Å². The molecule has 0 heterocycles. The molecule has 0 aromatic heterocycles. The number of ether oxygens (including phenoxy) is 1. The molecule has 0 aromatic rings. The first-order valence-corrected chi connectivity index (χ1v) is 5.42. The van der Waals surface area contributed by atoms with Gasteiger partial charge in [-0.05, 0) is 19.3 Å². The number of nitrogens with one attached hydrogen (secondary N) is 1. The number of carbonyl (C=O) groups is 1. The van der Waals surface area contributed by atoms with E-state index in [1.165, 1.54) is 0 Å². The van der Waals surface area contributed by atoms with Crippen molar-refractivity contribution in [3.63, 3.8) is 0 Å². The fraction of sp³-hybridized carbons (Fsp3) is 0.818. The summed E-state index contributed by atoms with van der Waals surface area (Å²) in [7, 11) is 1.66. The van der Waals surface area contributed by atoms with Gasteiger partial charge in [-0.25, -0.2) is 0 Å². The van der Waals surface area contributed by atoms with Crippen LogP contribution in [0.5, 0.6) is 0 Å². The van der Waals surface area contributed by atoms with Crippen LogP contribution >= 0.6 is 0 Å². The summed E-state index contributed by atoms with van der Waals surface area (Å²) in [6.07, 6.45) is 3.32. The summed E-state index contributed by atoms with van der Waals surface area (Å²) in [5.74, 6) is -0.630. The van der Waals surface area contributed by atoms with Gasteiger partial charge >= 0.3 is 0 Å². The highest BCUT2D eigenvalue weighted by atomic mass is 16.5. The van der Waals surface area contributed by atoms with E-state index in [4.69, 9.17) is 10.00 Å². The molecule has 4 nitrogen and oxygen atoms in total. The van der Waals surface area contributed by atoms with Gasteiger partial charge in [0.2, 0.25) is 5.91 Å². The van der Waals surface area contributed by atoms with E-state index in [2.05, 4.69) is 5.32 Å². The smallest absolute Gasteiger partial charge is 0.237 e. The Balaban J connectivity index is 3.59. The molecule has 0 fully saturated rings. The molecule has 4 heteroatoms. The lowest BCUT2D eigenvalue weighted by atomic mass is 10.1. The average molecular weight is 212 g/mol. The van der Waals surface area contributed by atoms with Crippen molar-refractivity contribution >= 4 is 5.91 Å². The van der Waals surface area contributed by atoms with Crippen LogP contribution in [0.2, 0.25) is 0 Å². The first-order valence-electron chi connectivity index (χ1n) is 5.42. The van der Waals surface area contributed by atoms with E-state index in [0.29, 0.717) is 19.6 Å². The van der Waals surface area contributed by atoms with Crippen LogP contribution in [-0.2, 0) is 9.53 Å². The van der Waals surface area contributed by atoms with Crippen LogP contribution in [0, 0.1) is 17.2 Å². The first-order chi connectivity index (χ1) is 7.26. The Hall–Kier alpha value is -1.08. The van der Waals surface area contributed by atoms with Crippen LogP contribution in [0.25, 0.3) is 0 Å². The Morgan fingerprint density at radius 3 is 2.80 bits per heavy atom. The van der Waals surface area contributed by atoms with Crippen LogP contribution in [0.15, 0.2) is 0 Å². The summed E-state index contributed by atoms with van der Waals surface area (Å²) >= 11 is 0. The summed E-state index contributed by atoms with van der Waals surface area (Å²) in [5, 5.41) is 11.5. The number of carbonyl (C=O) groups excluding carboxylic acids is 1. The van der Waals surface area contributed by atoms with Crippen molar-refractivity contribution in [1.29, 1.82) is 5.26 Å². The number of hydrogen-bond donors (Lipinski definition) is 1. The maximum absolute atomic E-state index is 11.4. The van der Waals surface area contributed by atoms with Crippen molar-refractivity contribution < 1.29 is 9.53 Å². The largest absolute Gasteiger partial charge is 0.385 e. The minimum Gasteiger partial charge on any atom is -0.385 e. The number of nitrogens with zero attached hydrogens (tertiary/aromatic N) is 1. The second-order valence-corrected chi connectivity index (χ2v) is 3.46. The molecule has 1 N–H and O–H groups in total. The highest BCUT2D eigenvalue weighted by Gasteiger charge is 2.15. The van der Waals surface area contributed by atoms with Crippen LogP contribution < -0.4 is 5.32 Å². The Morgan fingerprint density at radius 1 is 1.53 bits per heavy atom. The highest BCUT2D eigenvalue weighted by Crippen LogP contribution is 2.04. The number of unbranched alkanes of at least 4 members (excludes halogenated alkanes) is 1. The number of hydrogen-bond acceptors (Lipinski definition) is 3. The molecule has 0 aromatic carbocycles. The van der Waals surface area contributed by atoms with Crippen LogP contribution in [-0.4, -0.2) is 26.2 Å². The molecule has 15 heavy (non-hydrogen) atoms. The van der Waals surface area contributed by atoms with E-state index in [-0.39, 0.29) is 5.91 Å². The Labute approximate surface area is 91.6 Å². The van der Waals surface area contributed by atoms with Gasteiger partial charge in [-0.15, -0.1) is 0 Å². The maximum Gasteiger partial charge on any atom is 0.237 e. The van der Waals surface area contributed by atoms with Gasteiger partial charge in [0.15, 0.2) is 0 Å². The third-order valence-electron chi connectivity index (χ3n) is 2.12. The van der Waals surface area contributed by atoms with E-state index in [9.17, 15) is 4.79 Å². The molecular weight excluding hydrogens is 192 g/mol. The Morgan fingerprint density at radius 2 is 2.27 bits per heavy atom. The molecule has 1 unspecified atom stereocenters. The lowest BCUT2D eigenvalue weighted by Gasteiger charge is -2.08. The fourth-order valence-electron chi connectivity index (χ4n) is 1.25. The van der Waals surface area contributed by atoms with Gasteiger partial charge < -0.3 is 10.1 Å². The predicted octanol–water partition coefficient (Wildman–Crippen LogP) is 1.47. The summed E-state index contributed by atoms with van der Waals surface area (Å²) in [6, 6.07) is 2.02. The highest BCUT2D eigenvalue weighted by molar-refractivity contribution is 5.80. The lowest BCUT2D eigenvalue weighted by Crippen LogP contribution is -2.30. The topological polar surface area (TPSA) is 62.1 Å². The molecule has 0 saturated heterocycles. The molecule has 0 bridgehead atoms. The van der Waals surface area contributed by atoms with Crippen LogP contribution in [0.4, 0.5) is 0 Å². The van der Waals surface area contributed by atoms with Crippen molar-refractivity contribution in [3.8, 4) is 6.07 Å². The van der Waals surface area contributed by atoms with E-state index in [0.717, 1.165) is 19.3 Å². The summed E-state index contributed by atoms with van der Waals surface area (Å²) in [5.41, 5.74) is 0. The van der Waals surface area contributed by atoms with Crippen LogP contribution in [0.1, 0.15) is 32.6 Å². The quantitative estimate of drug-likeness (QED) is 0.620. The molecular formula is C11H20N2O2. The molecule has 0 radical (unpaired) electrons. The minimum atomic E-state index is -0.488. The van der Waals surface area contributed by atoms with Crippen molar-refractivity contribution in [3.05, 3.63) is 0 Å². The van der Waals surface area contributed by atoms with Gasteiger partial charge in [0.05, 0.1) is 6.07 Å². The molecule has 0 spiro atoms. The molecule has 86 valence electrons. The number of methoxy groups -OCH3 is 1. The van der Waals surface area contributed by atoms with Crippen LogP contribution in [0.3, 0.4) is 0 Å². The zero-order valence-electron chi connectivity index (χ0n) is 9.58. The zero-order valence-corrected chi connectivity index (χ0v) is 9.58. The van der Waals surface area contributed by atoms with Gasteiger partial charge in [0, 0.05) is 20.3 Å². The normalized spacial score (nSPS) is 11.8. The lowest BCUT2D eigenvalue weighted by molar-refractivity contribution is -0.123. The van der Waals surface area contributed by atoms with E-state index >= 15 is 0 Å². The van der Waals surface area contributed by atoms with Gasteiger partial charge in [0.25, 0.3) is 0 Å². The summed E-state index contributed by atoms with van der Waals surface area (Å²) in [4.78, 5) is 11.4. The predicted molar refractivity (Wildman–Crippen MR) is 58.1 cm³/mol. The summed E-state index contributed by atoms with van der Waals surface area (Å²) < 4.78 is 4.89. The Kier molecular flexibility index (Phi) is 8.79. The average Bonchev–Trinajstić information content (AvgIpc) is 2.25. The second-order valence-electron chi connectivity index (χ2n) is 3.46. The Bertz CT molecular complexity index is 211. The molecule has 0 aliphatic rings. The molecule has 0 aliphatic heterocycles. The van der Waals surface area contributed by atoms with Gasteiger partial charge in [-0.1, -0.05) is 13.3 Å². The zero-order chi connectivity index (χ0) is 11.5. The standard InChI is InChI=1S/C11H20N2O2/c1-3-6-10(9-12)11(14)13-7-4-5-8-15-2/h10H,3-8H2,1-2H3,(H,13,14). The number of nitriles is 1.